The van der Waals surface area contributed by atoms with Crippen LogP contribution in [0.1, 0.15) is 11.1 Å². The molecule has 8 heteroatoms. The van der Waals surface area contributed by atoms with Crippen LogP contribution >= 0.6 is 0 Å². The fourth-order valence-corrected chi connectivity index (χ4v) is 2.94. The van der Waals surface area contributed by atoms with Crippen molar-refractivity contribution in [2.45, 2.75) is 18.0 Å². The Morgan fingerprint density at radius 3 is 2.71 bits per heavy atom. The zero-order valence-corrected chi connectivity index (χ0v) is 12.6. The summed E-state index contributed by atoms with van der Waals surface area (Å²) < 4.78 is 42.0. The van der Waals surface area contributed by atoms with Gasteiger partial charge < -0.3 is 5.32 Å². The third kappa shape index (κ3) is 3.87. The Morgan fingerprint density at radius 1 is 1.33 bits per heavy atom. The van der Waals surface area contributed by atoms with E-state index in [1.54, 1.807) is 31.2 Å². The van der Waals surface area contributed by atoms with Gasteiger partial charge >= 0.3 is 0 Å². The van der Waals surface area contributed by atoms with Gasteiger partial charge in [-0.3, -0.25) is 4.68 Å². The van der Waals surface area contributed by atoms with Gasteiger partial charge in [-0.05, 0) is 25.2 Å². The molecule has 2 N–H and O–H groups in total. The monoisotopic (exact) mass is 312 g/mol. The summed E-state index contributed by atoms with van der Waals surface area (Å²) in [4.78, 5) is 0.0399. The lowest BCUT2D eigenvalue weighted by Crippen LogP contribution is -2.23. The second-order valence-electron chi connectivity index (χ2n) is 4.63. The number of hydrogen-bond acceptors (Lipinski definition) is 4. The maximum absolute atomic E-state index is 13.5. The smallest absolute Gasteiger partial charge is 0.240 e. The van der Waals surface area contributed by atoms with E-state index in [-0.39, 0.29) is 18.0 Å². The number of aryl methyl sites for hydroxylation is 1. The normalized spacial score (nSPS) is 11.8. The van der Waals surface area contributed by atoms with Crippen molar-refractivity contribution in [2.75, 3.05) is 7.05 Å². The van der Waals surface area contributed by atoms with E-state index in [4.69, 9.17) is 0 Å². The van der Waals surface area contributed by atoms with Gasteiger partial charge in [0, 0.05) is 37.5 Å². The van der Waals surface area contributed by atoms with Gasteiger partial charge in [0.2, 0.25) is 10.0 Å². The molecule has 21 heavy (non-hydrogen) atoms. The lowest BCUT2D eigenvalue weighted by molar-refractivity contribution is 0.577. The first-order chi connectivity index (χ1) is 9.92. The average molecular weight is 312 g/mol. The lowest BCUT2D eigenvalue weighted by Gasteiger charge is -2.08. The van der Waals surface area contributed by atoms with Crippen LogP contribution in [0.3, 0.4) is 0 Å². The summed E-state index contributed by atoms with van der Waals surface area (Å²) >= 11 is 0. The predicted octanol–water partition coefficient (Wildman–Crippen LogP) is 0.757. The van der Waals surface area contributed by atoms with E-state index in [2.05, 4.69) is 15.1 Å². The van der Waals surface area contributed by atoms with Crippen molar-refractivity contribution in [3.8, 4) is 0 Å². The Hall–Kier alpha value is -1.77. The highest BCUT2D eigenvalue weighted by Gasteiger charge is 2.16. The second-order valence-corrected chi connectivity index (χ2v) is 6.40. The van der Waals surface area contributed by atoms with Crippen LogP contribution < -0.4 is 10.0 Å². The van der Waals surface area contributed by atoms with E-state index in [1.807, 2.05) is 0 Å². The Morgan fingerprint density at radius 2 is 2.10 bits per heavy atom. The van der Waals surface area contributed by atoms with Gasteiger partial charge in [-0.25, -0.2) is 17.5 Å². The van der Waals surface area contributed by atoms with Crippen molar-refractivity contribution in [1.29, 1.82) is 0 Å². The van der Waals surface area contributed by atoms with Crippen molar-refractivity contribution in [3.05, 3.63) is 47.5 Å². The van der Waals surface area contributed by atoms with Crippen molar-refractivity contribution >= 4 is 10.0 Å². The van der Waals surface area contributed by atoms with Crippen molar-refractivity contribution < 1.29 is 12.8 Å². The summed E-state index contributed by atoms with van der Waals surface area (Å²) in [5.41, 5.74) is 1.06. The second kappa shape index (κ2) is 6.33. The minimum absolute atomic E-state index is 0.0399. The molecule has 0 unspecified atom stereocenters. The Balaban J connectivity index is 2.17. The number of nitrogens with one attached hydrogen (secondary N) is 2. The van der Waals surface area contributed by atoms with Crippen LogP contribution in [0, 0.1) is 5.82 Å². The van der Waals surface area contributed by atoms with Gasteiger partial charge in [0.05, 0.1) is 11.1 Å². The van der Waals surface area contributed by atoms with Crippen LogP contribution in [0.4, 0.5) is 4.39 Å². The molecule has 1 aromatic carbocycles. The third-order valence-electron chi connectivity index (χ3n) is 2.92. The minimum atomic E-state index is -3.69. The molecule has 0 amide bonds. The molecule has 1 heterocycles. The quantitative estimate of drug-likeness (QED) is 0.825. The summed E-state index contributed by atoms with van der Waals surface area (Å²) in [6.45, 7) is 0.396. The largest absolute Gasteiger partial charge is 0.316 e. The maximum Gasteiger partial charge on any atom is 0.240 e. The molecule has 0 aliphatic heterocycles. The first kappa shape index (κ1) is 15.6. The molecule has 0 saturated carbocycles. The van der Waals surface area contributed by atoms with Crippen molar-refractivity contribution in [3.63, 3.8) is 0 Å². The highest BCUT2D eigenvalue weighted by molar-refractivity contribution is 7.89. The zero-order valence-electron chi connectivity index (χ0n) is 11.8. The zero-order chi connectivity index (χ0) is 15.5. The maximum atomic E-state index is 13.5. The van der Waals surface area contributed by atoms with E-state index in [0.29, 0.717) is 5.56 Å². The molecule has 0 fully saturated rings. The van der Waals surface area contributed by atoms with E-state index in [0.717, 1.165) is 11.6 Å². The van der Waals surface area contributed by atoms with Crippen LogP contribution in [-0.2, 0) is 30.2 Å². The SMILES string of the molecule is CNCc1cc(S(=O)(=O)NCc2cnn(C)c2)ccc1F. The fourth-order valence-electron chi connectivity index (χ4n) is 1.87. The summed E-state index contributed by atoms with van der Waals surface area (Å²) in [5, 5.41) is 6.76. The molecule has 0 radical (unpaired) electrons. The van der Waals surface area contributed by atoms with Crippen LogP contribution in [0.15, 0.2) is 35.5 Å². The van der Waals surface area contributed by atoms with Crippen molar-refractivity contribution in [2.24, 2.45) is 7.05 Å². The highest BCUT2D eigenvalue weighted by Crippen LogP contribution is 2.15. The van der Waals surface area contributed by atoms with Crippen LogP contribution in [0.2, 0.25) is 0 Å². The van der Waals surface area contributed by atoms with E-state index in [9.17, 15) is 12.8 Å². The summed E-state index contributed by atoms with van der Waals surface area (Å²) in [6, 6.07) is 3.74. The molecule has 2 rings (SSSR count). The van der Waals surface area contributed by atoms with Crippen LogP contribution in [0.25, 0.3) is 0 Å². The average Bonchev–Trinajstić information content (AvgIpc) is 2.85. The van der Waals surface area contributed by atoms with Crippen LogP contribution in [-0.4, -0.2) is 25.2 Å². The predicted molar refractivity (Wildman–Crippen MR) is 76.4 cm³/mol. The number of sulfonamides is 1. The Bertz CT molecular complexity index is 728. The van der Waals surface area contributed by atoms with Gasteiger partial charge in [0.1, 0.15) is 5.82 Å². The first-order valence-corrected chi connectivity index (χ1v) is 7.81. The molecule has 114 valence electrons. The lowest BCUT2D eigenvalue weighted by atomic mass is 10.2. The molecule has 0 spiro atoms. The molecule has 0 bridgehead atoms. The molecular formula is C13H17FN4O2S. The molecule has 1 aromatic heterocycles. The first-order valence-electron chi connectivity index (χ1n) is 6.32. The Kier molecular flexibility index (Phi) is 4.71. The van der Waals surface area contributed by atoms with Crippen LogP contribution in [0.5, 0.6) is 0 Å². The third-order valence-corrected chi connectivity index (χ3v) is 4.32. The number of rotatable bonds is 6. The van der Waals surface area contributed by atoms with E-state index < -0.39 is 15.8 Å². The highest BCUT2D eigenvalue weighted by atomic mass is 32.2. The molecule has 0 saturated heterocycles. The summed E-state index contributed by atoms with van der Waals surface area (Å²) in [6.07, 6.45) is 3.30. The summed E-state index contributed by atoms with van der Waals surface area (Å²) in [7, 11) is -0.268. The molecule has 0 aliphatic rings. The topological polar surface area (TPSA) is 76.0 Å². The number of halogens is 1. The van der Waals surface area contributed by atoms with Gasteiger partial charge in [0.25, 0.3) is 0 Å². The molecule has 0 atom stereocenters. The molecular weight excluding hydrogens is 295 g/mol. The van der Waals surface area contributed by atoms with Gasteiger partial charge in [0.15, 0.2) is 0 Å². The number of nitrogens with zero attached hydrogens (tertiary/aromatic N) is 2. The van der Waals surface area contributed by atoms with E-state index in [1.165, 1.54) is 12.1 Å². The molecule has 6 nitrogen and oxygen atoms in total. The Labute approximate surface area is 123 Å². The standard InChI is InChI=1S/C13H17FN4O2S/c1-15-8-11-5-12(3-4-13(11)14)21(19,20)17-7-10-6-16-18(2)9-10/h3-6,9,15,17H,7-8H2,1-2H3. The number of aromatic nitrogens is 2. The van der Waals surface area contributed by atoms with Crippen molar-refractivity contribution in [1.82, 2.24) is 19.8 Å². The molecule has 0 aliphatic carbocycles. The van der Waals surface area contributed by atoms with Gasteiger partial charge in [-0.15, -0.1) is 0 Å². The number of benzene rings is 1. The summed E-state index contributed by atoms with van der Waals surface area (Å²) in [5.74, 6) is -0.435. The number of hydrogen-bond donors (Lipinski definition) is 2. The van der Waals surface area contributed by atoms with Gasteiger partial charge in [-0.2, -0.15) is 5.10 Å². The van der Waals surface area contributed by atoms with Gasteiger partial charge in [-0.1, -0.05) is 0 Å². The fraction of sp³-hybridized carbons (Fsp3) is 0.308. The molecule has 2 aromatic rings. The minimum Gasteiger partial charge on any atom is -0.316 e. The van der Waals surface area contributed by atoms with E-state index >= 15 is 0 Å².